The second-order valence-electron chi connectivity index (χ2n) is 16.2. The smallest absolute Gasteiger partial charge is 0.0612 e. The Hall–Kier alpha value is 2.48. The van der Waals surface area contributed by atoms with E-state index in [0.717, 1.165) is 97.4 Å². The highest BCUT2D eigenvalue weighted by Crippen LogP contribution is 2.45. The van der Waals surface area contributed by atoms with E-state index >= 15 is 0 Å². The van der Waals surface area contributed by atoms with E-state index in [-0.39, 0.29) is 48.8 Å². The average molecular weight is 940 g/mol. The molecule has 8 unspecified atom stereocenters. The van der Waals surface area contributed by atoms with Crippen LogP contribution in [0.3, 0.4) is 0 Å². The molecule has 4 aliphatic rings. The molecule has 0 saturated heterocycles. The van der Waals surface area contributed by atoms with E-state index in [2.05, 4.69) is 25.3 Å². The third-order valence-electron chi connectivity index (χ3n) is 13.3. The van der Waals surface area contributed by atoms with Crippen molar-refractivity contribution in [3.63, 3.8) is 0 Å². The van der Waals surface area contributed by atoms with Gasteiger partial charge in [0.25, 0.3) is 0 Å². The van der Waals surface area contributed by atoms with Crippen LogP contribution in [0, 0.1) is 47.3 Å². The van der Waals surface area contributed by atoms with E-state index in [0.29, 0.717) is 47.3 Å². The van der Waals surface area contributed by atoms with Crippen LogP contribution in [0.15, 0.2) is 0 Å². The zero-order chi connectivity index (χ0) is 40.5. The third kappa shape index (κ3) is 15.0. The van der Waals surface area contributed by atoms with Gasteiger partial charge in [-0.25, -0.2) is 0 Å². The molecule has 0 spiro atoms. The molecule has 4 rings (SSSR count). The molecule has 16 heteroatoms. The highest BCUT2D eigenvalue weighted by molar-refractivity contribution is 8.77. The van der Waals surface area contributed by atoms with Gasteiger partial charge in [0, 0.05) is 91.4 Å². The predicted molar refractivity (Wildman–Crippen MR) is 254 cm³/mol. The van der Waals surface area contributed by atoms with E-state index in [1.807, 2.05) is 122 Å². The van der Waals surface area contributed by atoms with Crippen LogP contribution in [0.2, 0.25) is 0 Å². The van der Waals surface area contributed by atoms with Gasteiger partial charge in [0.2, 0.25) is 0 Å². The summed E-state index contributed by atoms with van der Waals surface area (Å²) in [6.45, 7) is 0. The molecule has 0 aromatic rings. The van der Waals surface area contributed by atoms with Crippen LogP contribution in [-0.4, -0.2) is 152 Å². The monoisotopic (exact) mass is 938 g/mol. The van der Waals surface area contributed by atoms with Crippen molar-refractivity contribution in [2.75, 3.05) is 103 Å². The first kappa shape index (κ1) is 51.1. The lowest BCUT2D eigenvalue weighted by molar-refractivity contribution is -0.0551. The molecule has 0 aromatic carbocycles. The fraction of sp³-hybridized carbons (Fsp3) is 1.00. The van der Waals surface area contributed by atoms with Crippen molar-refractivity contribution in [1.29, 1.82) is 0 Å². The van der Waals surface area contributed by atoms with Gasteiger partial charge in [-0.2, -0.15) is 25.3 Å². The highest BCUT2D eigenvalue weighted by atomic mass is 33.1. The second-order valence-corrected chi connectivity index (χ2v) is 24.6. The minimum absolute atomic E-state index is 0.266. The molecular formula is C40H74O8S8. The van der Waals surface area contributed by atoms with Crippen LogP contribution in [0.1, 0.15) is 51.4 Å². The number of methoxy groups -OCH3 is 8. The van der Waals surface area contributed by atoms with Gasteiger partial charge in [0.05, 0.1) is 48.8 Å². The lowest BCUT2D eigenvalue weighted by Crippen LogP contribution is -2.43. The number of hydrogen-bond donors (Lipinski definition) is 2. The van der Waals surface area contributed by atoms with Crippen LogP contribution in [0.4, 0.5) is 0 Å². The summed E-state index contributed by atoms with van der Waals surface area (Å²) in [7, 11) is 26.9. The van der Waals surface area contributed by atoms with E-state index < -0.39 is 0 Å². The largest absolute Gasteiger partial charge is 0.381 e. The zero-order valence-corrected chi connectivity index (χ0v) is 41.8. The predicted octanol–water partition coefficient (Wildman–Crippen LogP) is 9.22. The van der Waals surface area contributed by atoms with Gasteiger partial charge in [0.1, 0.15) is 0 Å². The summed E-state index contributed by atoms with van der Waals surface area (Å²) >= 11 is 9.16. The Labute approximate surface area is 375 Å². The van der Waals surface area contributed by atoms with E-state index in [4.69, 9.17) is 37.9 Å². The first-order valence-electron chi connectivity index (χ1n) is 20.5. The quantitative estimate of drug-likeness (QED) is 0.0520. The first-order chi connectivity index (χ1) is 27.3. The van der Waals surface area contributed by atoms with Crippen molar-refractivity contribution >= 4 is 90.0 Å². The average Bonchev–Trinajstić information content (AvgIpc) is 3.24. The molecule has 0 bridgehead atoms. The molecule has 16 atom stereocenters. The summed E-state index contributed by atoms with van der Waals surface area (Å²) in [6.07, 6.45) is 10.5. The van der Waals surface area contributed by atoms with Crippen molar-refractivity contribution in [3.8, 4) is 0 Å². The lowest BCUT2D eigenvalue weighted by Gasteiger charge is -2.41. The summed E-state index contributed by atoms with van der Waals surface area (Å²) in [5.41, 5.74) is 0. The van der Waals surface area contributed by atoms with Crippen LogP contribution in [-0.2, 0) is 37.9 Å². The van der Waals surface area contributed by atoms with Gasteiger partial charge >= 0.3 is 0 Å². The fourth-order valence-electron chi connectivity index (χ4n) is 9.70. The van der Waals surface area contributed by atoms with Gasteiger partial charge < -0.3 is 37.9 Å². The number of thiol groups is 2. The van der Waals surface area contributed by atoms with Gasteiger partial charge in [-0.05, 0) is 110 Å². The summed E-state index contributed by atoms with van der Waals surface area (Å²) in [4.78, 5) is 0. The standard InChI is InChI=1S/C40H74O8S8/c1-41-33-11-27(35(43-3)9-25(33)17-49)19-51-53-21-29-13-39(47-7)31(15-37(29)45-5)23-55-56-24-32-16-38(46-6)30(14-40(32)48-8)22-54-52-20-28-12-34(42-2)26(18-50)10-36(28)44-4/h25-40,49-50H,9-24H2,1-8H3/t25-,26-,27-,28-,29-,30-,31-,32-,33?,34?,35?,36?,37?,38?,39?,40?/m1/s1. The van der Waals surface area contributed by atoms with Crippen LogP contribution in [0.25, 0.3) is 0 Å². The van der Waals surface area contributed by atoms with Gasteiger partial charge in [-0.1, -0.05) is 64.8 Å². The minimum atomic E-state index is 0.266. The Morgan fingerprint density at radius 2 is 0.429 bits per heavy atom. The topological polar surface area (TPSA) is 73.8 Å². The van der Waals surface area contributed by atoms with Gasteiger partial charge in [-0.3, -0.25) is 0 Å². The van der Waals surface area contributed by atoms with Crippen molar-refractivity contribution in [3.05, 3.63) is 0 Å². The van der Waals surface area contributed by atoms with Crippen LogP contribution < -0.4 is 0 Å². The minimum Gasteiger partial charge on any atom is -0.381 e. The van der Waals surface area contributed by atoms with Crippen molar-refractivity contribution in [2.45, 2.75) is 100 Å². The molecule has 0 radical (unpaired) electrons. The molecule has 0 aromatic heterocycles. The summed E-state index contributed by atoms with van der Waals surface area (Å²) in [6, 6.07) is 0. The Morgan fingerprint density at radius 1 is 0.286 bits per heavy atom. The second kappa shape index (κ2) is 28.3. The Balaban J connectivity index is 1.16. The molecule has 0 amide bonds. The molecule has 4 fully saturated rings. The van der Waals surface area contributed by atoms with E-state index in [1.54, 1.807) is 0 Å². The van der Waals surface area contributed by atoms with E-state index in [9.17, 15) is 0 Å². The van der Waals surface area contributed by atoms with Crippen molar-refractivity contribution in [2.24, 2.45) is 47.3 Å². The van der Waals surface area contributed by atoms with Gasteiger partial charge in [-0.15, -0.1) is 0 Å². The normalized spacial score (nSPS) is 39.5. The SMILES string of the molecule is COC1C[C@H](CSSC[C@H]2CC(OC)[C@@H](CSSC[C@H]3CC(OC)[C@@H](CSSC[C@H]4CC(OC)[C@@H](CS)CC4OC)CC3OC)CC2OC)C(OC)C[C@@H]1CS. The fourth-order valence-corrected chi connectivity index (χ4v) is 19.1. The summed E-state index contributed by atoms with van der Waals surface area (Å²) < 4.78 is 48.1. The van der Waals surface area contributed by atoms with Crippen LogP contribution >= 0.6 is 90.0 Å². The molecular weight excluding hydrogens is 865 g/mol. The molecule has 4 saturated carbocycles. The molecule has 0 heterocycles. The maximum atomic E-state index is 6.14. The maximum absolute atomic E-state index is 6.14. The van der Waals surface area contributed by atoms with Crippen molar-refractivity contribution in [1.82, 2.24) is 0 Å². The Kier molecular flexibility index (Phi) is 25.8. The lowest BCUT2D eigenvalue weighted by atomic mass is 9.79. The van der Waals surface area contributed by atoms with Crippen molar-refractivity contribution < 1.29 is 37.9 Å². The van der Waals surface area contributed by atoms with Crippen LogP contribution in [0.5, 0.6) is 0 Å². The molecule has 4 aliphatic carbocycles. The number of ether oxygens (including phenoxy) is 8. The maximum Gasteiger partial charge on any atom is 0.0612 e. The first-order valence-corrected chi connectivity index (χ1v) is 29.2. The highest BCUT2D eigenvalue weighted by Gasteiger charge is 2.41. The number of rotatable bonds is 25. The Bertz CT molecular complexity index is 967. The zero-order valence-electron chi connectivity index (χ0n) is 35.2. The Morgan fingerprint density at radius 3 is 0.571 bits per heavy atom. The van der Waals surface area contributed by atoms with E-state index in [1.165, 1.54) is 0 Å². The summed E-state index contributed by atoms with van der Waals surface area (Å²) in [5.74, 6) is 12.1. The molecule has 0 aliphatic heterocycles. The molecule has 0 N–H and O–H groups in total. The molecule has 56 heavy (non-hydrogen) atoms. The molecule has 330 valence electrons. The number of hydrogen-bond acceptors (Lipinski definition) is 16. The summed E-state index contributed by atoms with van der Waals surface area (Å²) in [5, 5.41) is 0. The molecule has 8 nitrogen and oxygen atoms in total. The third-order valence-corrected chi connectivity index (χ3v) is 22.1. The van der Waals surface area contributed by atoms with Gasteiger partial charge in [0.15, 0.2) is 0 Å².